The molecular formula is C12H22O3. The summed E-state index contributed by atoms with van der Waals surface area (Å²) >= 11 is 0. The van der Waals surface area contributed by atoms with Gasteiger partial charge in [0.1, 0.15) is 0 Å². The normalized spacial score (nSPS) is 29.2. The Morgan fingerprint density at radius 2 is 1.67 bits per heavy atom. The van der Waals surface area contributed by atoms with Crippen molar-refractivity contribution >= 4 is 0 Å². The van der Waals surface area contributed by atoms with E-state index in [1.54, 1.807) is 0 Å². The lowest BCUT2D eigenvalue weighted by Crippen LogP contribution is -2.50. The molecule has 0 radical (unpaired) electrons. The number of hydrogen-bond donors (Lipinski definition) is 0. The van der Waals surface area contributed by atoms with Gasteiger partial charge in [0.05, 0.1) is 13.2 Å². The third-order valence-electron chi connectivity index (χ3n) is 3.60. The van der Waals surface area contributed by atoms with Gasteiger partial charge in [-0.15, -0.1) is 0 Å². The van der Waals surface area contributed by atoms with E-state index in [0.29, 0.717) is 6.61 Å². The second-order valence-electron chi connectivity index (χ2n) is 4.93. The lowest BCUT2D eigenvalue weighted by molar-refractivity contribution is -0.411. The first kappa shape index (κ1) is 11.4. The predicted molar refractivity (Wildman–Crippen MR) is 57.5 cm³/mol. The Morgan fingerprint density at radius 3 is 2.20 bits per heavy atom. The van der Waals surface area contributed by atoms with E-state index in [4.69, 9.17) is 14.2 Å². The van der Waals surface area contributed by atoms with Crippen molar-refractivity contribution in [2.45, 2.75) is 51.9 Å². The first-order chi connectivity index (χ1) is 7.18. The molecule has 0 N–H and O–H groups in total. The summed E-state index contributed by atoms with van der Waals surface area (Å²) in [5, 5.41) is 0. The first-order valence-corrected chi connectivity index (χ1v) is 6.10. The van der Waals surface area contributed by atoms with Gasteiger partial charge in [-0.2, -0.15) is 0 Å². The van der Waals surface area contributed by atoms with E-state index in [1.807, 2.05) is 13.8 Å². The van der Waals surface area contributed by atoms with Crippen molar-refractivity contribution in [1.29, 1.82) is 0 Å². The van der Waals surface area contributed by atoms with Crippen molar-refractivity contribution in [2.75, 3.05) is 19.8 Å². The van der Waals surface area contributed by atoms with Crippen LogP contribution in [0.5, 0.6) is 0 Å². The number of rotatable bonds is 2. The maximum atomic E-state index is 5.75. The molecule has 3 heteroatoms. The van der Waals surface area contributed by atoms with E-state index in [-0.39, 0.29) is 5.41 Å². The van der Waals surface area contributed by atoms with Gasteiger partial charge in [-0.25, -0.2) is 0 Å². The second-order valence-corrected chi connectivity index (χ2v) is 4.93. The molecule has 0 aromatic rings. The molecule has 0 unspecified atom stereocenters. The quantitative estimate of drug-likeness (QED) is 0.707. The molecule has 1 heterocycles. The zero-order valence-electron chi connectivity index (χ0n) is 9.88. The van der Waals surface area contributed by atoms with E-state index < -0.39 is 5.97 Å². The maximum Gasteiger partial charge on any atom is 0.279 e. The molecule has 88 valence electrons. The van der Waals surface area contributed by atoms with Crippen LogP contribution in [-0.4, -0.2) is 25.8 Å². The number of hydrogen-bond acceptors (Lipinski definition) is 3. The summed E-state index contributed by atoms with van der Waals surface area (Å²) in [4.78, 5) is 0. The summed E-state index contributed by atoms with van der Waals surface area (Å²) in [6.07, 6.45) is 6.49. The standard InChI is InChI=1S/C12H22O3/c1-3-13-11(2)14-9-12(10-15-11)7-5-4-6-8-12/h3-10H2,1-2H3. The van der Waals surface area contributed by atoms with Crippen LogP contribution >= 0.6 is 0 Å². The van der Waals surface area contributed by atoms with Crippen LogP contribution in [-0.2, 0) is 14.2 Å². The van der Waals surface area contributed by atoms with Gasteiger partial charge in [-0.05, 0) is 19.8 Å². The Labute approximate surface area is 92.1 Å². The molecule has 0 atom stereocenters. The van der Waals surface area contributed by atoms with Crippen molar-refractivity contribution in [3.63, 3.8) is 0 Å². The van der Waals surface area contributed by atoms with Crippen LogP contribution in [0.25, 0.3) is 0 Å². The zero-order chi connectivity index (χ0) is 10.8. The Bertz CT molecular complexity index is 199. The molecule has 2 rings (SSSR count). The van der Waals surface area contributed by atoms with Gasteiger partial charge < -0.3 is 14.2 Å². The highest BCUT2D eigenvalue weighted by molar-refractivity contribution is 4.85. The summed E-state index contributed by atoms with van der Waals surface area (Å²) in [5.74, 6) is -0.794. The smallest absolute Gasteiger partial charge is 0.279 e. The van der Waals surface area contributed by atoms with Gasteiger partial charge >= 0.3 is 0 Å². The average Bonchev–Trinajstić information content (AvgIpc) is 2.25. The molecule has 3 nitrogen and oxygen atoms in total. The lowest BCUT2D eigenvalue weighted by atomic mass is 9.75. The summed E-state index contributed by atoms with van der Waals surface area (Å²) in [6.45, 7) is 6.05. The predicted octanol–water partition coefficient (Wildman–Crippen LogP) is 2.69. The SMILES string of the molecule is CCOC1(C)OCC2(CCCCC2)CO1. The molecule has 0 aromatic carbocycles. The summed E-state index contributed by atoms with van der Waals surface area (Å²) in [6, 6.07) is 0. The van der Waals surface area contributed by atoms with E-state index in [2.05, 4.69) is 0 Å². The van der Waals surface area contributed by atoms with Gasteiger partial charge in [0, 0.05) is 18.9 Å². The minimum Gasteiger partial charge on any atom is -0.328 e. The highest BCUT2D eigenvalue weighted by atomic mass is 16.9. The summed E-state index contributed by atoms with van der Waals surface area (Å²) in [7, 11) is 0. The summed E-state index contributed by atoms with van der Waals surface area (Å²) < 4.78 is 17.0. The molecular weight excluding hydrogens is 192 g/mol. The van der Waals surface area contributed by atoms with Gasteiger partial charge in [0.25, 0.3) is 5.97 Å². The van der Waals surface area contributed by atoms with Gasteiger partial charge in [-0.1, -0.05) is 19.3 Å². The highest BCUT2D eigenvalue weighted by Crippen LogP contribution is 2.41. The van der Waals surface area contributed by atoms with Gasteiger partial charge in [0.2, 0.25) is 0 Å². The largest absolute Gasteiger partial charge is 0.328 e. The molecule has 2 fully saturated rings. The summed E-state index contributed by atoms with van der Waals surface area (Å²) in [5.41, 5.74) is 0.287. The minimum absolute atomic E-state index is 0.287. The molecule has 1 saturated carbocycles. The first-order valence-electron chi connectivity index (χ1n) is 6.10. The monoisotopic (exact) mass is 214 g/mol. The fourth-order valence-corrected chi connectivity index (χ4v) is 2.59. The van der Waals surface area contributed by atoms with Crippen molar-refractivity contribution in [1.82, 2.24) is 0 Å². The molecule has 0 amide bonds. The van der Waals surface area contributed by atoms with Crippen molar-refractivity contribution < 1.29 is 14.2 Å². The van der Waals surface area contributed by atoms with Gasteiger partial charge in [0.15, 0.2) is 0 Å². The molecule has 1 saturated heterocycles. The third kappa shape index (κ3) is 2.52. The minimum atomic E-state index is -0.794. The van der Waals surface area contributed by atoms with Crippen LogP contribution in [0.2, 0.25) is 0 Å². The van der Waals surface area contributed by atoms with E-state index in [9.17, 15) is 0 Å². The third-order valence-corrected chi connectivity index (χ3v) is 3.60. The molecule has 1 aliphatic heterocycles. The molecule has 0 bridgehead atoms. The molecule has 0 aromatic heterocycles. The molecule has 2 aliphatic rings. The lowest BCUT2D eigenvalue weighted by Gasteiger charge is -2.45. The average molecular weight is 214 g/mol. The Morgan fingerprint density at radius 1 is 1.07 bits per heavy atom. The van der Waals surface area contributed by atoms with Crippen LogP contribution in [0.3, 0.4) is 0 Å². The fourth-order valence-electron chi connectivity index (χ4n) is 2.59. The number of ether oxygens (including phenoxy) is 3. The van der Waals surface area contributed by atoms with Crippen LogP contribution in [0, 0.1) is 5.41 Å². The maximum absolute atomic E-state index is 5.75. The van der Waals surface area contributed by atoms with E-state index in [1.165, 1.54) is 32.1 Å². The Hall–Kier alpha value is -0.120. The van der Waals surface area contributed by atoms with Gasteiger partial charge in [-0.3, -0.25) is 0 Å². The molecule has 1 spiro atoms. The van der Waals surface area contributed by atoms with Crippen molar-refractivity contribution in [2.24, 2.45) is 5.41 Å². The molecule has 1 aliphatic carbocycles. The van der Waals surface area contributed by atoms with Crippen LogP contribution in [0.4, 0.5) is 0 Å². The molecule has 15 heavy (non-hydrogen) atoms. The topological polar surface area (TPSA) is 27.7 Å². The Balaban J connectivity index is 1.90. The van der Waals surface area contributed by atoms with E-state index >= 15 is 0 Å². The Kier molecular flexibility index (Phi) is 3.33. The van der Waals surface area contributed by atoms with Crippen LogP contribution in [0.15, 0.2) is 0 Å². The van der Waals surface area contributed by atoms with E-state index in [0.717, 1.165) is 13.2 Å². The van der Waals surface area contributed by atoms with Crippen LogP contribution < -0.4 is 0 Å². The second kappa shape index (κ2) is 4.40. The fraction of sp³-hybridized carbons (Fsp3) is 1.00. The van der Waals surface area contributed by atoms with Crippen molar-refractivity contribution in [3.05, 3.63) is 0 Å². The highest BCUT2D eigenvalue weighted by Gasteiger charge is 2.43. The zero-order valence-corrected chi connectivity index (χ0v) is 9.88. The van der Waals surface area contributed by atoms with Crippen molar-refractivity contribution in [3.8, 4) is 0 Å². The van der Waals surface area contributed by atoms with Crippen LogP contribution in [0.1, 0.15) is 46.0 Å².